The van der Waals surface area contributed by atoms with Crippen molar-refractivity contribution in [1.29, 1.82) is 0 Å². The van der Waals surface area contributed by atoms with E-state index in [1.165, 1.54) is 13.8 Å². The average molecular weight is 1370 g/mol. The maximum Gasteiger partial charge on any atom is 0.314 e. The van der Waals surface area contributed by atoms with Crippen LogP contribution in [0, 0.1) is 45.3 Å². The van der Waals surface area contributed by atoms with Crippen molar-refractivity contribution >= 4 is 43.1 Å². The molecule has 35 heteroatoms. The lowest BCUT2D eigenvalue weighted by molar-refractivity contribution is -0.389. The fraction of sp³-hybridized carbons (Fsp3) is 0.929. The number of cyclic esters (lactones) is 1. The maximum atomic E-state index is 14.7. The molecule has 524 valence electrons. The standard InChI is InChI=1S/C56H90O32S3/c1-24(2)12-11-17-55(9)46-29(80-26(4)57)20-54(8)28-13-14-33-52(5,6)34(16-18-53(33,7)27(28)15-19-56(46,54)51(65)87-55)83-50-45(37(60)32(21-76-50)88-91(72,73)74)86-47-39(62)38(61)42(25(3)79-47)84-49-41(64)44(36(59)31(82-49)23-78-90(69,70)71)85-48-40(63)43(75-10)35(58)30(81-48)22-77-89(66,67)68/h13,24-25,27,29-50,58-64H,11-12,14-23H2,1-10H3,(H,66,67,68)(H,69,70,71)(H,72,73,74)/p-3/t25-,27-,29+,30-,31-,32-,33+,34+,35-,36-,37+,38-,39-,40-,41-,42-,43+,44+,45-,46-,47+,48+,49+,50+,53-,54+,55+,56-/m1/s1. The van der Waals surface area contributed by atoms with Crippen LogP contribution in [-0.2, 0) is 105 Å². The van der Waals surface area contributed by atoms with Crippen LogP contribution >= 0.6 is 0 Å². The molecule has 5 heterocycles. The highest BCUT2D eigenvalue weighted by Crippen LogP contribution is 2.77. The van der Waals surface area contributed by atoms with Gasteiger partial charge in [-0.05, 0) is 93.8 Å². The number of aliphatic hydroxyl groups is 7. The quantitative estimate of drug-likeness (QED) is 0.0286. The molecule has 28 atom stereocenters. The molecule has 1 spiro atoms. The van der Waals surface area contributed by atoms with E-state index in [-0.39, 0.29) is 29.1 Å². The average Bonchev–Trinajstić information content (AvgIpc) is 1.52. The van der Waals surface area contributed by atoms with Crippen LogP contribution in [0.3, 0.4) is 0 Å². The third-order valence-corrected chi connectivity index (χ3v) is 22.5. The largest absolute Gasteiger partial charge is 0.726 e. The van der Waals surface area contributed by atoms with Crippen LogP contribution in [0.4, 0.5) is 0 Å². The molecule has 5 aliphatic heterocycles. The van der Waals surface area contributed by atoms with Gasteiger partial charge in [-0.1, -0.05) is 59.6 Å². The molecule has 7 N–H and O–H groups in total. The van der Waals surface area contributed by atoms with Crippen molar-refractivity contribution in [3.8, 4) is 0 Å². The van der Waals surface area contributed by atoms with Crippen LogP contribution in [0.15, 0.2) is 11.6 Å². The van der Waals surface area contributed by atoms with Crippen LogP contribution in [0.25, 0.3) is 0 Å². The lowest BCUT2D eigenvalue weighted by Gasteiger charge is -2.64. The lowest BCUT2D eigenvalue weighted by Crippen LogP contribution is -2.67. The van der Waals surface area contributed by atoms with E-state index in [1.54, 1.807) is 0 Å². The molecule has 0 aromatic rings. The number of ether oxygens (including phenoxy) is 11. The first kappa shape index (κ1) is 72.9. The SMILES string of the molecule is CO[C@@H]1[C@@H](O)[C@H](O[C@@H]2[C@@H](O)[C@H](O[C@H]3[C@H](O)[C@@H](O)[C@H](O[C@H]4[C@H](O[C@H]5CC[C@]6(C)[C@@H]7CC[C@]89C(=O)O[C@@](C)(CCCC(C)C)[C@H]8[C@@H](OC(C)=O)C[C@@]9(C)C7=CC[C@H]6C5(C)C)OC[C@@H](OS(=O)(=O)[O-])[C@@H]4O)O[C@@H]3C)O[C@H](COS(=O)(=O)[O-])[C@H]2O)O[C@H](COS(=O)(=O)[O-])[C@H]1O. The molecule has 5 saturated heterocycles. The number of fused-ring (bicyclic) bond motifs is 4. The van der Waals surface area contributed by atoms with Crippen molar-refractivity contribution in [1.82, 2.24) is 0 Å². The molecule has 91 heavy (non-hydrogen) atoms. The third kappa shape index (κ3) is 14.2. The summed E-state index contributed by atoms with van der Waals surface area (Å²) in [5.74, 6) is -0.736. The number of allylic oxidation sites excluding steroid dienone is 2. The topological polar surface area (TPSA) is 477 Å². The Morgan fingerprint density at radius 3 is 1.84 bits per heavy atom. The van der Waals surface area contributed by atoms with E-state index in [0.29, 0.717) is 50.9 Å². The molecule has 3 saturated carbocycles. The number of rotatable bonds is 22. The van der Waals surface area contributed by atoms with Gasteiger partial charge in [0.25, 0.3) is 0 Å². The van der Waals surface area contributed by atoms with Gasteiger partial charge in [-0.3, -0.25) is 22.1 Å². The van der Waals surface area contributed by atoms with Crippen molar-refractivity contribution in [3.63, 3.8) is 0 Å². The van der Waals surface area contributed by atoms with E-state index >= 15 is 0 Å². The Bertz CT molecular complexity index is 2990. The van der Waals surface area contributed by atoms with Crippen molar-refractivity contribution in [2.24, 2.45) is 45.3 Å². The van der Waals surface area contributed by atoms with Crippen molar-refractivity contribution < 1.29 is 149 Å². The first-order valence-corrected chi connectivity index (χ1v) is 34.6. The van der Waals surface area contributed by atoms with Crippen LogP contribution in [-0.4, -0.2) is 248 Å². The van der Waals surface area contributed by atoms with E-state index in [0.717, 1.165) is 25.5 Å². The predicted octanol–water partition coefficient (Wildman–Crippen LogP) is -1.31. The van der Waals surface area contributed by atoms with E-state index in [2.05, 4.69) is 46.3 Å². The minimum Gasteiger partial charge on any atom is -0.726 e. The summed E-state index contributed by atoms with van der Waals surface area (Å²) in [5.41, 5.74) is -2.48. The van der Waals surface area contributed by atoms with E-state index in [4.69, 9.17) is 52.1 Å². The molecule has 0 aromatic carbocycles. The summed E-state index contributed by atoms with van der Waals surface area (Å²) in [4.78, 5) is 27.5. The Labute approximate surface area is 528 Å². The molecule has 8 fully saturated rings. The van der Waals surface area contributed by atoms with Crippen LogP contribution in [0.5, 0.6) is 0 Å². The summed E-state index contributed by atoms with van der Waals surface area (Å²) in [6.45, 7) is 14.2. The summed E-state index contributed by atoms with van der Waals surface area (Å²) >= 11 is 0. The molecule has 0 amide bonds. The van der Waals surface area contributed by atoms with E-state index in [9.17, 15) is 84.2 Å². The summed E-state index contributed by atoms with van der Waals surface area (Å²) in [7, 11) is -15.4. The molecular weight excluding hydrogens is 1280 g/mol. The maximum absolute atomic E-state index is 14.7. The predicted molar refractivity (Wildman–Crippen MR) is 297 cm³/mol. The second-order valence-corrected chi connectivity index (χ2v) is 30.6. The molecule has 0 aromatic heterocycles. The number of hydrogen-bond donors (Lipinski definition) is 7. The summed E-state index contributed by atoms with van der Waals surface area (Å²) < 4.78 is 183. The Hall–Kier alpha value is -2.35. The number of methoxy groups -OCH3 is 1. The highest BCUT2D eigenvalue weighted by Gasteiger charge is 2.79. The summed E-state index contributed by atoms with van der Waals surface area (Å²) in [6, 6.07) is 0. The first-order valence-electron chi connectivity index (χ1n) is 30.6. The minimum absolute atomic E-state index is 0.0176. The molecule has 9 rings (SSSR count). The van der Waals surface area contributed by atoms with Gasteiger partial charge in [0.1, 0.15) is 97.2 Å². The van der Waals surface area contributed by atoms with Crippen LogP contribution in [0.2, 0.25) is 0 Å². The highest BCUT2D eigenvalue weighted by atomic mass is 32.3. The molecular formula is C56H87O32S3-3. The Morgan fingerprint density at radius 1 is 0.692 bits per heavy atom. The van der Waals surface area contributed by atoms with Gasteiger partial charge in [0.2, 0.25) is 31.2 Å². The first-order chi connectivity index (χ1) is 42.1. The number of hydrogen-bond acceptors (Lipinski definition) is 32. The van der Waals surface area contributed by atoms with Gasteiger partial charge in [-0.2, -0.15) is 0 Å². The number of esters is 2. The Morgan fingerprint density at radius 2 is 1.26 bits per heavy atom. The van der Waals surface area contributed by atoms with E-state index in [1.807, 2.05) is 20.8 Å². The molecule has 9 aliphatic rings. The fourth-order valence-electron chi connectivity index (χ4n) is 17.0. The lowest BCUT2D eigenvalue weighted by atomic mass is 9.41. The zero-order valence-corrected chi connectivity index (χ0v) is 54.5. The fourth-order valence-corrected chi connectivity index (χ4v) is 18.1. The monoisotopic (exact) mass is 1370 g/mol. The normalized spacial score (nSPS) is 46.7. The van der Waals surface area contributed by atoms with Gasteiger partial charge in [0, 0.05) is 19.4 Å². The van der Waals surface area contributed by atoms with Gasteiger partial charge < -0.3 is 102 Å². The smallest absolute Gasteiger partial charge is 0.314 e. The number of carbonyl (C=O) groups is 2. The zero-order valence-electron chi connectivity index (χ0n) is 52.1. The molecule has 32 nitrogen and oxygen atoms in total. The van der Waals surface area contributed by atoms with Crippen molar-refractivity contribution in [3.05, 3.63) is 11.6 Å². The molecule has 0 unspecified atom stereocenters. The number of aliphatic hydroxyl groups excluding tert-OH is 7. The molecule has 0 bridgehead atoms. The second kappa shape index (κ2) is 26.8. The Kier molecular flexibility index (Phi) is 21.5. The van der Waals surface area contributed by atoms with Gasteiger partial charge >= 0.3 is 11.9 Å². The molecule has 4 aliphatic carbocycles. The van der Waals surface area contributed by atoms with Gasteiger partial charge in [0.15, 0.2) is 25.2 Å². The second-order valence-electron chi connectivity index (χ2n) is 27.5. The van der Waals surface area contributed by atoms with Gasteiger partial charge in [0.05, 0.1) is 43.4 Å². The van der Waals surface area contributed by atoms with Gasteiger partial charge in [-0.15, -0.1) is 0 Å². The molecule has 0 radical (unpaired) electrons. The number of carbonyl (C=O) groups excluding carboxylic acids is 2. The van der Waals surface area contributed by atoms with Crippen LogP contribution < -0.4 is 0 Å². The van der Waals surface area contributed by atoms with Crippen LogP contribution in [0.1, 0.15) is 120 Å². The Balaban J connectivity index is 0.925. The highest BCUT2D eigenvalue weighted by molar-refractivity contribution is 7.81. The summed E-state index contributed by atoms with van der Waals surface area (Å²) in [6.07, 6.45) is -30.9. The summed E-state index contributed by atoms with van der Waals surface area (Å²) in [5, 5.41) is 80.2. The van der Waals surface area contributed by atoms with Gasteiger partial charge in [-0.25, -0.2) is 25.3 Å². The minimum atomic E-state index is -5.51. The van der Waals surface area contributed by atoms with E-state index < -0.39 is 208 Å². The third-order valence-electron chi connectivity index (χ3n) is 21.2. The zero-order chi connectivity index (χ0) is 67.3. The van der Waals surface area contributed by atoms with Crippen molar-refractivity contribution in [2.75, 3.05) is 26.9 Å². The van der Waals surface area contributed by atoms with Crippen molar-refractivity contribution in [2.45, 2.75) is 255 Å².